The van der Waals surface area contributed by atoms with Gasteiger partial charge in [-0.2, -0.15) is 13.2 Å². The number of amides is 1. The van der Waals surface area contributed by atoms with Gasteiger partial charge in [0, 0.05) is 43.3 Å². The van der Waals surface area contributed by atoms with Crippen LogP contribution in [0.1, 0.15) is 32.1 Å². The minimum absolute atomic E-state index is 0.218. The Hall–Kier alpha value is -4.67. The van der Waals surface area contributed by atoms with Crippen LogP contribution in [0.5, 0.6) is 0 Å². The zero-order valence-corrected chi connectivity index (χ0v) is 20.2. The highest BCUT2D eigenvalue weighted by Gasteiger charge is 2.30. The molecule has 11 heteroatoms. The molecule has 0 unspecified atom stereocenters. The summed E-state index contributed by atoms with van der Waals surface area (Å²) in [6, 6.07) is 11.2. The maximum Gasteiger partial charge on any atom is 0.416 e. The van der Waals surface area contributed by atoms with Crippen molar-refractivity contribution in [2.24, 2.45) is 0 Å². The summed E-state index contributed by atoms with van der Waals surface area (Å²) in [6.07, 6.45) is 1.83. The normalized spacial score (nSPS) is 10.6. The number of hydrogen-bond acceptors (Lipinski definition) is 7. The molecule has 0 saturated carbocycles. The molecular weight excluding hydrogens is 485 g/mol. The second kappa shape index (κ2) is 11.8. The Morgan fingerprint density at radius 2 is 1.68 bits per heavy atom. The van der Waals surface area contributed by atoms with Crippen molar-refractivity contribution in [2.45, 2.75) is 13.1 Å². The van der Waals surface area contributed by atoms with Gasteiger partial charge in [0.1, 0.15) is 11.4 Å². The second-order valence-electron chi connectivity index (χ2n) is 7.66. The number of alkyl halides is 3. The Labute approximate surface area is 211 Å². The lowest BCUT2D eigenvalue weighted by molar-refractivity contribution is -0.137. The summed E-state index contributed by atoms with van der Waals surface area (Å²) in [6.45, 7) is 2.04. The number of nitrogens with one attached hydrogen (secondary N) is 2. The van der Waals surface area contributed by atoms with Gasteiger partial charge in [-0.15, -0.1) is 0 Å². The molecule has 0 aliphatic carbocycles. The van der Waals surface area contributed by atoms with Gasteiger partial charge in [0.25, 0.3) is 5.91 Å². The average molecular weight is 509 g/mol. The van der Waals surface area contributed by atoms with Gasteiger partial charge in [-0.3, -0.25) is 24.5 Å². The number of carbonyl (C=O) groups is 2. The molecule has 0 spiro atoms. The largest absolute Gasteiger partial charge is 0.416 e. The molecule has 2 N–H and O–H groups in total. The number of pyridine rings is 2. The highest BCUT2D eigenvalue weighted by Crippen LogP contribution is 2.29. The maximum absolute atomic E-state index is 12.0. The number of aldehydes is 1. The SMILES string of the molecule is CNC(=O)c1cc(-c2cncc(-c3cc(NC)ccc3C)n2)ccn1.O=Cc1cc(C(F)(F)F)ccn1. The van der Waals surface area contributed by atoms with E-state index in [9.17, 15) is 22.8 Å². The molecule has 1 amide bonds. The van der Waals surface area contributed by atoms with Gasteiger partial charge in [-0.05, 0) is 48.9 Å². The summed E-state index contributed by atoms with van der Waals surface area (Å²) in [4.78, 5) is 38.4. The number of anilines is 1. The molecule has 3 heterocycles. The summed E-state index contributed by atoms with van der Waals surface area (Å²) in [5, 5.41) is 5.71. The summed E-state index contributed by atoms with van der Waals surface area (Å²) >= 11 is 0. The van der Waals surface area contributed by atoms with E-state index >= 15 is 0 Å². The van der Waals surface area contributed by atoms with Crippen LogP contribution in [0.25, 0.3) is 22.5 Å². The van der Waals surface area contributed by atoms with E-state index in [0.717, 1.165) is 40.3 Å². The van der Waals surface area contributed by atoms with Crippen molar-refractivity contribution < 1.29 is 22.8 Å². The van der Waals surface area contributed by atoms with E-state index < -0.39 is 11.7 Å². The quantitative estimate of drug-likeness (QED) is 0.372. The predicted molar refractivity (Wildman–Crippen MR) is 133 cm³/mol. The first-order chi connectivity index (χ1) is 17.7. The van der Waals surface area contributed by atoms with Crippen LogP contribution >= 0.6 is 0 Å². The van der Waals surface area contributed by atoms with Crippen molar-refractivity contribution >= 4 is 17.9 Å². The van der Waals surface area contributed by atoms with Gasteiger partial charge >= 0.3 is 6.18 Å². The molecule has 0 aliphatic heterocycles. The third-order valence-corrected chi connectivity index (χ3v) is 5.18. The number of hydrogen-bond donors (Lipinski definition) is 2. The van der Waals surface area contributed by atoms with Crippen molar-refractivity contribution in [2.75, 3.05) is 19.4 Å². The molecule has 3 aromatic heterocycles. The zero-order valence-electron chi connectivity index (χ0n) is 20.2. The number of rotatable bonds is 5. The summed E-state index contributed by atoms with van der Waals surface area (Å²) in [5.74, 6) is -0.233. The van der Waals surface area contributed by atoms with E-state index in [1.54, 1.807) is 31.7 Å². The lowest BCUT2D eigenvalue weighted by atomic mass is 10.0. The number of carbonyl (C=O) groups excluding carboxylic acids is 2. The van der Waals surface area contributed by atoms with Crippen LogP contribution in [0, 0.1) is 6.92 Å². The summed E-state index contributed by atoms with van der Waals surface area (Å²) in [5.41, 5.74) is 4.69. The number of aryl methyl sites for hydroxylation is 1. The Morgan fingerprint density at radius 3 is 2.35 bits per heavy atom. The molecule has 1 aromatic carbocycles. The Bertz CT molecular complexity index is 1410. The fourth-order valence-electron chi connectivity index (χ4n) is 3.22. The van der Waals surface area contributed by atoms with Crippen LogP contribution in [0.2, 0.25) is 0 Å². The molecule has 0 atom stereocenters. The smallest absolute Gasteiger partial charge is 0.388 e. The van der Waals surface area contributed by atoms with Gasteiger partial charge in [0.05, 0.1) is 29.3 Å². The van der Waals surface area contributed by atoms with Gasteiger partial charge in [0.15, 0.2) is 6.29 Å². The van der Waals surface area contributed by atoms with E-state index in [1.165, 1.54) is 0 Å². The monoisotopic (exact) mass is 508 g/mol. The molecule has 0 fully saturated rings. The Kier molecular flexibility index (Phi) is 8.62. The summed E-state index contributed by atoms with van der Waals surface area (Å²) in [7, 11) is 3.46. The first-order valence-corrected chi connectivity index (χ1v) is 10.9. The molecule has 190 valence electrons. The van der Waals surface area contributed by atoms with Crippen molar-refractivity contribution in [3.63, 3.8) is 0 Å². The molecule has 0 aliphatic rings. The minimum atomic E-state index is -4.42. The maximum atomic E-state index is 12.0. The molecule has 0 radical (unpaired) electrons. The molecule has 37 heavy (non-hydrogen) atoms. The first-order valence-electron chi connectivity index (χ1n) is 10.9. The van der Waals surface area contributed by atoms with Crippen molar-refractivity contribution in [1.29, 1.82) is 0 Å². The summed E-state index contributed by atoms with van der Waals surface area (Å²) < 4.78 is 35.9. The zero-order chi connectivity index (χ0) is 27.0. The number of halogens is 3. The molecule has 0 saturated heterocycles. The van der Waals surface area contributed by atoms with Crippen LogP contribution < -0.4 is 10.6 Å². The fourth-order valence-corrected chi connectivity index (χ4v) is 3.22. The Morgan fingerprint density at radius 1 is 0.946 bits per heavy atom. The van der Waals surface area contributed by atoms with E-state index in [1.807, 2.05) is 38.2 Å². The van der Waals surface area contributed by atoms with Gasteiger partial charge in [0.2, 0.25) is 0 Å². The van der Waals surface area contributed by atoms with Crippen LogP contribution in [0.4, 0.5) is 18.9 Å². The van der Waals surface area contributed by atoms with Crippen LogP contribution in [-0.2, 0) is 6.18 Å². The van der Waals surface area contributed by atoms with Gasteiger partial charge < -0.3 is 10.6 Å². The molecular formula is C26H23F3N6O2. The standard InChI is InChI=1S/C19H19N5O.C7H4F3NO/c1-12-4-5-14(20-2)9-15(12)18-11-22-10-17(24-18)13-6-7-23-16(8-13)19(25)21-3;8-7(9,10)5-1-2-11-6(3-5)4-12/h4-11,20H,1-3H3,(H,21,25);1-4H. The first kappa shape index (κ1) is 26.9. The number of benzene rings is 1. The molecule has 8 nitrogen and oxygen atoms in total. The van der Waals surface area contributed by atoms with Crippen molar-refractivity contribution in [1.82, 2.24) is 25.3 Å². The van der Waals surface area contributed by atoms with Crippen LogP contribution in [0.3, 0.4) is 0 Å². The van der Waals surface area contributed by atoms with Crippen molar-refractivity contribution in [3.8, 4) is 22.5 Å². The number of aromatic nitrogens is 4. The van der Waals surface area contributed by atoms with Gasteiger partial charge in [-0.25, -0.2) is 4.98 Å². The third-order valence-electron chi connectivity index (χ3n) is 5.18. The lowest BCUT2D eigenvalue weighted by Gasteiger charge is -2.10. The average Bonchev–Trinajstić information content (AvgIpc) is 2.93. The molecule has 4 aromatic rings. The van der Waals surface area contributed by atoms with E-state index in [-0.39, 0.29) is 17.9 Å². The van der Waals surface area contributed by atoms with E-state index in [4.69, 9.17) is 4.98 Å². The lowest BCUT2D eigenvalue weighted by Crippen LogP contribution is -2.19. The molecule has 0 bridgehead atoms. The van der Waals surface area contributed by atoms with E-state index in [0.29, 0.717) is 17.5 Å². The second-order valence-corrected chi connectivity index (χ2v) is 7.66. The van der Waals surface area contributed by atoms with Crippen LogP contribution in [0.15, 0.2) is 67.3 Å². The Balaban J connectivity index is 0.000000266. The van der Waals surface area contributed by atoms with Gasteiger partial charge in [-0.1, -0.05) is 6.07 Å². The van der Waals surface area contributed by atoms with E-state index in [2.05, 4.69) is 25.6 Å². The predicted octanol–water partition coefficient (Wildman–Crippen LogP) is 4.83. The topological polar surface area (TPSA) is 110 Å². The minimum Gasteiger partial charge on any atom is -0.388 e. The number of nitrogens with zero attached hydrogens (tertiary/aromatic N) is 4. The highest BCUT2D eigenvalue weighted by molar-refractivity contribution is 5.93. The van der Waals surface area contributed by atoms with Crippen molar-refractivity contribution in [3.05, 3.63) is 89.8 Å². The fraction of sp³-hybridized carbons (Fsp3) is 0.154. The third kappa shape index (κ3) is 6.94. The molecule has 4 rings (SSSR count). The van der Waals surface area contributed by atoms with Crippen LogP contribution in [-0.4, -0.2) is 46.2 Å². The highest BCUT2D eigenvalue weighted by atomic mass is 19.4.